The predicted molar refractivity (Wildman–Crippen MR) is 52.9 cm³/mol. The zero-order valence-corrected chi connectivity index (χ0v) is 8.20. The highest BCUT2D eigenvalue weighted by molar-refractivity contribution is 5.34. The highest BCUT2D eigenvalue weighted by Gasteiger charge is 2.26. The number of nitrogens with zero attached hydrogens (tertiary/aromatic N) is 2. The van der Waals surface area contributed by atoms with Gasteiger partial charge in [-0.05, 0) is 38.3 Å². The predicted octanol–water partition coefficient (Wildman–Crippen LogP) is 2.09. The molecule has 1 heterocycles. The van der Waals surface area contributed by atoms with E-state index in [9.17, 15) is 4.39 Å². The van der Waals surface area contributed by atoms with Crippen molar-refractivity contribution < 1.29 is 4.39 Å². The molecule has 0 spiro atoms. The molecule has 76 valence electrons. The zero-order valence-electron chi connectivity index (χ0n) is 8.20. The summed E-state index contributed by atoms with van der Waals surface area (Å²) in [5.74, 6) is 0.671. The number of anilines is 1. The van der Waals surface area contributed by atoms with Gasteiger partial charge in [0.2, 0.25) is 0 Å². The third-order valence-corrected chi connectivity index (χ3v) is 2.56. The molecule has 14 heavy (non-hydrogen) atoms. The van der Waals surface area contributed by atoms with E-state index >= 15 is 0 Å². The molecule has 0 amide bonds. The summed E-state index contributed by atoms with van der Waals surface area (Å²) in [5.41, 5.74) is 0.874. The van der Waals surface area contributed by atoms with Crippen LogP contribution in [0.1, 0.15) is 25.0 Å². The lowest BCUT2D eigenvalue weighted by Gasteiger charge is -2.14. The van der Waals surface area contributed by atoms with Gasteiger partial charge in [0, 0.05) is 0 Å². The van der Waals surface area contributed by atoms with Crippen LogP contribution < -0.4 is 5.32 Å². The smallest absolute Gasteiger partial charge is 0.148 e. The summed E-state index contributed by atoms with van der Waals surface area (Å²) in [4.78, 5) is 0. The summed E-state index contributed by atoms with van der Waals surface area (Å²) in [7, 11) is 0. The van der Waals surface area contributed by atoms with Gasteiger partial charge in [-0.1, -0.05) is 0 Å². The number of alkyl halides is 1. The van der Waals surface area contributed by atoms with E-state index < -0.39 is 6.17 Å². The number of rotatable bonds is 2. The van der Waals surface area contributed by atoms with E-state index in [4.69, 9.17) is 0 Å². The van der Waals surface area contributed by atoms with Gasteiger partial charge in [-0.25, -0.2) is 4.39 Å². The first-order valence-electron chi connectivity index (χ1n) is 4.96. The van der Waals surface area contributed by atoms with Crippen molar-refractivity contribution in [2.45, 2.75) is 38.4 Å². The van der Waals surface area contributed by atoms with Gasteiger partial charge in [-0.15, -0.1) is 5.10 Å². The molecule has 1 fully saturated rings. The quantitative estimate of drug-likeness (QED) is 0.785. The monoisotopic (exact) mass is 195 g/mol. The minimum Gasteiger partial charge on any atom is -0.363 e. The third-order valence-electron chi connectivity index (χ3n) is 2.56. The first kappa shape index (κ1) is 9.37. The van der Waals surface area contributed by atoms with Crippen molar-refractivity contribution in [3.8, 4) is 0 Å². The fourth-order valence-electron chi connectivity index (χ4n) is 1.74. The van der Waals surface area contributed by atoms with E-state index in [1.54, 1.807) is 0 Å². The highest BCUT2D eigenvalue weighted by atomic mass is 19.1. The van der Waals surface area contributed by atoms with Crippen LogP contribution in [-0.2, 0) is 0 Å². The Bertz CT molecular complexity index is 299. The second kappa shape index (κ2) is 3.90. The molecule has 0 aliphatic heterocycles. The molecule has 1 aromatic heterocycles. The molecule has 1 saturated carbocycles. The normalized spacial score (nSPS) is 26.4. The molecule has 2 unspecified atom stereocenters. The fourth-order valence-corrected chi connectivity index (χ4v) is 1.74. The second-order valence-electron chi connectivity index (χ2n) is 3.76. The molecule has 0 bridgehead atoms. The Labute approximate surface area is 82.7 Å². The third kappa shape index (κ3) is 2.00. The Morgan fingerprint density at radius 3 is 2.79 bits per heavy atom. The van der Waals surface area contributed by atoms with E-state index in [0.29, 0.717) is 12.2 Å². The van der Waals surface area contributed by atoms with Crippen molar-refractivity contribution in [2.75, 3.05) is 5.32 Å². The summed E-state index contributed by atoms with van der Waals surface area (Å²) in [6, 6.07) is 3.64. The lowest BCUT2D eigenvalue weighted by molar-refractivity contribution is 0.323. The summed E-state index contributed by atoms with van der Waals surface area (Å²) in [5, 5.41) is 10.9. The van der Waals surface area contributed by atoms with E-state index in [0.717, 1.165) is 18.5 Å². The van der Waals surface area contributed by atoms with E-state index in [1.165, 1.54) is 0 Å². The van der Waals surface area contributed by atoms with Crippen LogP contribution in [0.4, 0.5) is 10.2 Å². The molecule has 0 aromatic carbocycles. The summed E-state index contributed by atoms with van der Waals surface area (Å²) in [6.45, 7) is 1.88. The second-order valence-corrected chi connectivity index (χ2v) is 3.76. The Hall–Kier alpha value is -1.19. The van der Waals surface area contributed by atoms with Gasteiger partial charge in [0.1, 0.15) is 12.0 Å². The molecule has 0 saturated heterocycles. The van der Waals surface area contributed by atoms with Crippen LogP contribution in [0.25, 0.3) is 0 Å². The van der Waals surface area contributed by atoms with E-state index in [-0.39, 0.29) is 6.04 Å². The van der Waals surface area contributed by atoms with Gasteiger partial charge in [0.25, 0.3) is 0 Å². The van der Waals surface area contributed by atoms with Gasteiger partial charge < -0.3 is 5.32 Å². The Morgan fingerprint density at radius 2 is 2.21 bits per heavy atom. The number of hydrogen-bond donors (Lipinski definition) is 1. The van der Waals surface area contributed by atoms with Crippen LogP contribution in [-0.4, -0.2) is 22.4 Å². The summed E-state index contributed by atoms with van der Waals surface area (Å²) in [6.07, 6.45) is 1.77. The van der Waals surface area contributed by atoms with Gasteiger partial charge in [-0.3, -0.25) is 0 Å². The number of nitrogens with one attached hydrogen (secondary N) is 1. The van der Waals surface area contributed by atoms with Crippen molar-refractivity contribution in [1.82, 2.24) is 10.2 Å². The van der Waals surface area contributed by atoms with Crippen LogP contribution in [0.15, 0.2) is 12.1 Å². The molecule has 0 radical (unpaired) electrons. The molecular weight excluding hydrogens is 181 g/mol. The maximum absolute atomic E-state index is 13.2. The average Bonchev–Trinajstić information content (AvgIpc) is 2.56. The maximum Gasteiger partial charge on any atom is 0.148 e. The minimum atomic E-state index is -0.738. The van der Waals surface area contributed by atoms with E-state index in [2.05, 4.69) is 15.5 Å². The number of aryl methyl sites for hydroxylation is 1. The molecule has 1 aliphatic rings. The first-order chi connectivity index (χ1) is 6.75. The minimum absolute atomic E-state index is 0.0768. The zero-order chi connectivity index (χ0) is 9.97. The SMILES string of the molecule is Cc1ccc(NC2CCCC2F)nn1. The van der Waals surface area contributed by atoms with Gasteiger partial charge in [-0.2, -0.15) is 5.10 Å². The molecule has 1 N–H and O–H groups in total. The van der Waals surface area contributed by atoms with Crippen molar-refractivity contribution in [2.24, 2.45) is 0 Å². The van der Waals surface area contributed by atoms with Crippen LogP contribution in [0.2, 0.25) is 0 Å². The number of halogens is 1. The first-order valence-corrected chi connectivity index (χ1v) is 4.96. The van der Waals surface area contributed by atoms with Crippen LogP contribution >= 0.6 is 0 Å². The van der Waals surface area contributed by atoms with Gasteiger partial charge >= 0.3 is 0 Å². The topological polar surface area (TPSA) is 37.8 Å². The van der Waals surface area contributed by atoms with Crippen LogP contribution in [0, 0.1) is 6.92 Å². The molecule has 3 nitrogen and oxygen atoms in total. The van der Waals surface area contributed by atoms with Crippen molar-refractivity contribution >= 4 is 5.82 Å². The lowest BCUT2D eigenvalue weighted by Crippen LogP contribution is -2.25. The highest BCUT2D eigenvalue weighted by Crippen LogP contribution is 2.24. The lowest BCUT2D eigenvalue weighted by atomic mass is 10.2. The molecule has 1 aromatic rings. The Morgan fingerprint density at radius 1 is 1.36 bits per heavy atom. The number of aromatic nitrogens is 2. The Kier molecular flexibility index (Phi) is 2.61. The van der Waals surface area contributed by atoms with Crippen molar-refractivity contribution in [3.05, 3.63) is 17.8 Å². The molecule has 4 heteroatoms. The molecule has 1 aliphatic carbocycles. The van der Waals surface area contributed by atoms with Gasteiger partial charge in [0.15, 0.2) is 0 Å². The maximum atomic E-state index is 13.2. The molecule has 2 atom stereocenters. The largest absolute Gasteiger partial charge is 0.363 e. The summed E-state index contributed by atoms with van der Waals surface area (Å²) < 4.78 is 13.2. The van der Waals surface area contributed by atoms with Crippen LogP contribution in [0.3, 0.4) is 0 Å². The Balaban J connectivity index is 2.00. The molecule has 2 rings (SSSR count). The van der Waals surface area contributed by atoms with Crippen molar-refractivity contribution in [3.63, 3.8) is 0 Å². The average molecular weight is 195 g/mol. The van der Waals surface area contributed by atoms with Crippen LogP contribution in [0.5, 0.6) is 0 Å². The van der Waals surface area contributed by atoms with Gasteiger partial charge in [0.05, 0.1) is 11.7 Å². The van der Waals surface area contributed by atoms with Crippen molar-refractivity contribution in [1.29, 1.82) is 0 Å². The number of hydrogen-bond acceptors (Lipinski definition) is 3. The fraction of sp³-hybridized carbons (Fsp3) is 0.600. The summed E-state index contributed by atoms with van der Waals surface area (Å²) >= 11 is 0. The van der Waals surface area contributed by atoms with E-state index in [1.807, 2.05) is 19.1 Å². The molecular formula is C10H14FN3. The standard InChI is InChI=1S/C10H14FN3/c1-7-5-6-10(14-13-7)12-9-4-2-3-8(9)11/h5-6,8-9H,2-4H2,1H3,(H,12,14).